The van der Waals surface area contributed by atoms with Crippen molar-refractivity contribution in [1.29, 1.82) is 0 Å². The van der Waals surface area contributed by atoms with Crippen molar-refractivity contribution in [2.75, 3.05) is 13.7 Å². The summed E-state index contributed by atoms with van der Waals surface area (Å²) in [6.45, 7) is 1.69. The summed E-state index contributed by atoms with van der Waals surface area (Å²) < 4.78 is 57.4. The molecule has 0 radical (unpaired) electrons. The fourth-order valence-electron chi connectivity index (χ4n) is 4.14. The number of benzene rings is 2. The van der Waals surface area contributed by atoms with Crippen LogP contribution in [-0.4, -0.2) is 58.3 Å². The van der Waals surface area contributed by atoms with Gasteiger partial charge in [-0.3, -0.25) is 23.7 Å². The molecule has 1 aliphatic rings. The molecule has 1 aromatic heterocycles. The number of carbonyl (C=O) groups is 1. The Labute approximate surface area is 239 Å². The Bertz CT molecular complexity index is 1530. The molecular weight excluding hydrogens is 576 g/mol. The number of aliphatic hydroxyl groups excluding tert-OH is 1. The molecule has 13 nitrogen and oxygen atoms in total. The summed E-state index contributed by atoms with van der Waals surface area (Å²) in [6, 6.07) is 14.7. The molecule has 1 saturated heterocycles. The number of aromatic amines is 1. The van der Waals surface area contributed by atoms with E-state index in [1.807, 2.05) is 11.1 Å². The van der Waals surface area contributed by atoms with E-state index >= 15 is 4.39 Å². The van der Waals surface area contributed by atoms with E-state index in [1.165, 1.54) is 26.2 Å². The average Bonchev–Trinajstić information content (AvgIpc) is 3.19. The van der Waals surface area contributed by atoms with Crippen LogP contribution in [0.5, 0.6) is 11.5 Å². The Hall–Kier alpha value is -3.81. The molecule has 0 bridgehead atoms. The Kier molecular flexibility index (Phi) is 9.64. The molecule has 4 rings (SSSR count). The van der Waals surface area contributed by atoms with Crippen LogP contribution in [-0.2, 0) is 30.0 Å². The van der Waals surface area contributed by atoms with E-state index in [9.17, 15) is 24.1 Å². The van der Waals surface area contributed by atoms with E-state index in [4.69, 9.17) is 23.3 Å². The number of hydrogen-bond donors (Lipinski definition) is 3. The summed E-state index contributed by atoms with van der Waals surface area (Å²) in [7, 11) is -2.95. The number of hydrogen-bond acceptors (Lipinski definition) is 10. The largest absolute Gasteiger partial charge is 0.497 e. The summed E-state index contributed by atoms with van der Waals surface area (Å²) >= 11 is 0. The zero-order valence-corrected chi connectivity index (χ0v) is 23.9. The number of nitrogens with one attached hydrogen (secondary N) is 2. The maximum absolute atomic E-state index is 15.6. The van der Waals surface area contributed by atoms with Crippen LogP contribution in [0.4, 0.5) is 4.39 Å². The van der Waals surface area contributed by atoms with E-state index in [-0.39, 0.29) is 12.4 Å². The van der Waals surface area contributed by atoms with Gasteiger partial charge in [0.15, 0.2) is 11.9 Å². The van der Waals surface area contributed by atoms with Crippen LogP contribution in [0.15, 0.2) is 76.4 Å². The molecule has 3 N–H and O–H groups in total. The number of ether oxygens (including phenoxy) is 3. The van der Waals surface area contributed by atoms with Gasteiger partial charge in [-0.2, -0.15) is 5.09 Å². The van der Waals surface area contributed by atoms with Crippen LogP contribution in [0.1, 0.15) is 25.6 Å². The highest BCUT2D eigenvalue weighted by Crippen LogP contribution is 2.47. The highest BCUT2D eigenvalue weighted by atomic mass is 31.2. The van der Waals surface area contributed by atoms with Gasteiger partial charge in [0, 0.05) is 12.3 Å². The Morgan fingerprint density at radius 3 is 2.48 bits per heavy atom. The lowest BCUT2D eigenvalue weighted by Gasteiger charge is -2.25. The van der Waals surface area contributed by atoms with Crippen LogP contribution in [0.3, 0.4) is 0 Å². The smallest absolute Gasteiger partial charge is 0.459 e. The average molecular weight is 608 g/mol. The molecule has 2 heterocycles. The van der Waals surface area contributed by atoms with Gasteiger partial charge in [0.2, 0.25) is 0 Å². The standard InChI is InChI=1S/C27H31FN3O10P/c1-17(24(34)38-15-18-7-5-4-6-8-18)30-42(36,41-20-11-9-19(37-3)10-12-20)39-16-21-23(33)27(2,28)25(40-21)31-14-13-22(32)29-26(31)35/h4-14,17,21,23,25,33H,15-16H2,1-3H3,(H,30,36)(H,29,32,35)/t17-,21+,23+,25+,27+,42?/m0/s1. The van der Waals surface area contributed by atoms with Gasteiger partial charge < -0.3 is 23.8 Å². The van der Waals surface area contributed by atoms with Gasteiger partial charge in [-0.25, -0.2) is 13.8 Å². The van der Waals surface area contributed by atoms with Gasteiger partial charge in [-0.05, 0) is 43.7 Å². The summed E-state index contributed by atoms with van der Waals surface area (Å²) in [5.41, 5.74) is -3.43. The molecule has 3 aromatic rings. The van der Waals surface area contributed by atoms with Crippen molar-refractivity contribution in [2.24, 2.45) is 0 Å². The lowest BCUT2D eigenvalue weighted by Crippen LogP contribution is -2.43. The fourth-order valence-corrected chi connectivity index (χ4v) is 5.65. The van der Waals surface area contributed by atoms with Crippen molar-refractivity contribution in [3.8, 4) is 11.5 Å². The molecule has 0 spiro atoms. The van der Waals surface area contributed by atoms with Gasteiger partial charge in [0.1, 0.15) is 36.4 Å². The third kappa shape index (κ3) is 7.33. The second-order valence-electron chi connectivity index (χ2n) is 9.64. The quantitative estimate of drug-likeness (QED) is 0.204. The first-order valence-corrected chi connectivity index (χ1v) is 14.4. The summed E-state index contributed by atoms with van der Waals surface area (Å²) in [4.78, 5) is 38.3. The molecule has 1 fully saturated rings. The minimum atomic E-state index is -4.42. The van der Waals surface area contributed by atoms with Crippen molar-refractivity contribution < 1.29 is 42.1 Å². The molecule has 1 aliphatic heterocycles. The number of aliphatic hydroxyl groups is 1. The summed E-state index contributed by atoms with van der Waals surface area (Å²) in [5, 5.41) is 13.2. The predicted octanol–water partition coefficient (Wildman–Crippen LogP) is 2.46. The van der Waals surface area contributed by atoms with Crippen LogP contribution >= 0.6 is 7.75 Å². The van der Waals surface area contributed by atoms with Crippen molar-refractivity contribution in [3.63, 3.8) is 0 Å². The van der Waals surface area contributed by atoms with E-state index in [0.29, 0.717) is 5.75 Å². The maximum atomic E-state index is 15.6. The minimum absolute atomic E-state index is 0.0289. The highest BCUT2D eigenvalue weighted by molar-refractivity contribution is 7.52. The van der Waals surface area contributed by atoms with Gasteiger partial charge >= 0.3 is 19.4 Å². The third-order valence-electron chi connectivity index (χ3n) is 6.44. The number of aromatic nitrogens is 2. The number of nitrogens with zero attached hydrogens (tertiary/aromatic N) is 1. The molecule has 0 saturated carbocycles. The van der Waals surface area contributed by atoms with E-state index in [0.717, 1.165) is 29.3 Å². The van der Waals surface area contributed by atoms with E-state index in [1.54, 1.807) is 36.4 Å². The Morgan fingerprint density at radius 1 is 1.17 bits per heavy atom. The first-order valence-electron chi connectivity index (χ1n) is 12.8. The first-order chi connectivity index (χ1) is 19.9. The van der Waals surface area contributed by atoms with Gasteiger partial charge in [0.05, 0.1) is 13.7 Å². The lowest BCUT2D eigenvalue weighted by molar-refractivity contribution is -0.146. The van der Waals surface area contributed by atoms with Crippen molar-refractivity contribution in [1.82, 2.24) is 14.6 Å². The lowest BCUT2D eigenvalue weighted by atomic mass is 9.98. The van der Waals surface area contributed by atoms with Crippen LogP contribution in [0.25, 0.3) is 0 Å². The number of esters is 1. The third-order valence-corrected chi connectivity index (χ3v) is 8.09. The molecule has 0 amide bonds. The topological polar surface area (TPSA) is 167 Å². The van der Waals surface area contributed by atoms with Gasteiger partial charge in [0.25, 0.3) is 5.56 Å². The van der Waals surface area contributed by atoms with Crippen molar-refractivity contribution in [2.45, 2.75) is 50.6 Å². The second-order valence-corrected chi connectivity index (χ2v) is 11.3. The Morgan fingerprint density at radius 2 is 1.83 bits per heavy atom. The minimum Gasteiger partial charge on any atom is -0.497 e. The molecule has 0 aliphatic carbocycles. The molecule has 6 atom stereocenters. The molecule has 42 heavy (non-hydrogen) atoms. The number of carbonyl (C=O) groups excluding carboxylic acids is 1. The Balaban J connectivity index is 1.50. The normalized spacial score (nSPS) is 24.0. The summed E-state index contributed by atoms with van der Waals surface area (Å²) in [6.07, 6.45) is -3.89. The zero-order chi connectivity index (χ0) is 30.5. The number of methoxy groups -OCH3 is 1. The number of H-pyrrole nitrogens is 1. The van der Waals surface area contributed by atoms with Crippen LogP contribution in [0.2, 0.25) is 0 Å². The van der Waals surface area contributed by atoms with Crippen molar-refractivity contribution >= 4 is 13.7 Å². The predicted molar refractivity (Wildman–Crippen MR) is 147 cm³/mol. The molecule has 2 aromatic carbocycles. The monoisotopic (exact) mass is 607 g/mol. The highest BCUT2D eigenvalue weighted by Gasteiger charge is 2.56. The number of rotatable bonds is 12. The first kappa shape index (κ1) is 31.1. The zero-order valence-electron chi connectivity index (χ0n) is 23.0. The van der Waals surface area contributed by atoms with Gasteiger partial charge in [-0.1, -0.05) is 30.3 Å². The van der Waals surface area contributed by atoms with E-state index < -0.39 is 61.7 Å². The number of alkyl halides is 1. The van der Waals surface area contributed by atoms with E-state index in [2.05, 4.69) is 5.09 Å². The molecular formula is C27H31FN3O10P. The number of halogens is 1. The second kappa shape index (κ2) is 13.0. The summed E-state index contributed by atoms with van der Waals surface area (Å²) in [5.74, 6) is -0.179. The fraction of sp³-hybridized carbons (Fsp3) is 0.370. The molecule has 1 unspecified atom stereocenters. The molecule has 226 valence electrons. The SMILES string of the molecule is COc1ccc(OP(=O)(N[C@@H](C)C(=O)OCc2ccccc2)OC[C@H]2O[C@@H](n3ccc(=O)[nH]c3=O)[C@](C)(F)[C@@H]2O)cc1. The van der Waals surface area contributed by atoms with Gasteiger partial charge in [-0.15, -0.1) is 0 Å². The van der Waals surface area contributed by atoms with Crippen LogP contribution in [0, 0.1) is 0 Å². The maximum Gasteiger partial charge on any atom is 0.459 e. The van der Waals surface area contributed by atoms with Crippen LogP contribution < -0.4 is 25.6 Å². The van der Waals surface area contributed by atoms with Crippen molar-refractivity contribution in [3.05, 3.63) is 93.3 Å². The molecule has 15 heteroatoms.